The minimum absolute atomic E-state index is 0.00967. The monoisotopic (exact) mass is 201 g/mol. The van der Waals surface area contributed by atoms with Gasteiger partial charge in [0, 0.05) is 18.6 Å². The Morgan fingerprint density at radius 2 is 2.14 bits per heavy atom. The van der Waals surface area contributed by atoms with Crippen molar-refractivity contribution in [2.75, 3.05) is 13.1 Å². The Bertz CT molecular complexity index is 161. The lowest BCUT2D eigenvalue weighted by Crippen LogP contribution is -2.60. The zero-order chi connectivity index (χ0) is 10.6. The number of hydrogen-bond acceptors (Lipinski definition) is 5. The molecule has 1 aliphatic heterocycles. The smallest absolute Gasteiger partial charge is 0.0557 e. The molecule has 7 N–H and O–H groups in total. The predicted molar refractivity (Wildman–Crippen MR) is 58.6 cm³/mol. The van der Waals surface area contributed by atoms with Crippen LogP contribution in [0.4, 0.5) is 0 Å². The van der Waals surface area contributed by atoms with E-state index in [1.807, 2.05) is 6.92 Å². The van der Waals surface area contributed by atoms with Crippen molar-refractivity contribution in [3.63, 3.8) is 0 Å². The van der Waals surface area contributed by atoms with Crippen molar-refractivity contribution in [2.45, 2.75) is 44.7 Å². The zero-order valence-corrected chi connectivity index (χ0v) is 9.09. The highest BCUT2D eigenvalue weighted by molar-refractivity contribution is 4.87. The van der Waals surface area contributed by atoms with Crippen molar-refractivity contribution in [1.82, 2.24) is 16.0 Å². The molecule has 84 valence electrons. The van der Waals surface area contributed by atoms with Crippen molar-refractivity contribution in [3.05, 3.63) is 0 Å². The molecule has 4 atom stereocenters. The maximum atomic E-state index is 5.97. The Balaban J connectivity index is 2.27. The van der Waals surface area contributed by atoms with Crippen molar-refractivity contribution >= 4 is 0 Å². The molecule has 5 heteroatoms. The second-order valence-electron chi connectivity index (χ2n) is 4.11. The molecule has 0 aliphatic carbocycles. The number of rotatable bonds is 4. The van der Waals surface area contributed by atoms with Crippen molar-refractivity contribution in [1.29, 1.82) is 0 Å². The van der Waals surface area contributed by atoms with Crippen LogP contribution in [-0.2, 0) is 0 Å². The molecule has 0 aromatic rings. The van der Waals surface area contributed by atoms with E-state index in [0.717, 1.165) is 19.5 Å². The first-order chi connectivity index (χ1) is 6.59. The maximum Gasteiger partial charge on any atom is 0.0557 e. The van der Waals surface area contributed by atoms with Gasteiger partial charge >= 0.3 is 0 Å². The van der Waals surface area contributed by atoms with Crippen LogP contribution in [0, 0.1) is 0 Å². The Morgan fingerprint density at radius 3 is 2.71 bits per heavy atom. The summed E-state index contributed by atoms with van der Waals surface area (Å²) in [6, 6.07) is 0.582. The van der Waals surface area contributed by atoms with Gasteiger partial charge in [-0.3, -0.25) is 10.6 Å². The second kappa shape index (κ2) is 5.63. The largest absolute Gasteiger partial charge is 0.325 e. The summed E-state index contributed by atoms with van der Waals surface area (Å²) in [4.78, 5) is 0. The van der Waals surface area contributed by atoms with E-state index >= 15 is 0 Å². The first-order valence-corrected chi connectivity index (χ1v) is 5.33. The van der Waals surface area contributed by atoms with Crippen molar-refractivity contribution in [3.8, 4) is 0 Å². The van der Waals surface area contributed by atoms with E-state index in [-0.39, 0.29) is 18.4 Å². The second-order valence-corrected chi connectivity index (χ2v) is 4.11. The average molecular weight is 201 g/mol. The number of nitrogens with two attached hydrogens (primary N) is 2. The first-order valence-electron chi connectivity index (χ1n) is 5.33. The molecular formula is C9H23N5. The van der Waals surface area contributed by atoms with Crippen LogP contribution >= 0.6 is 0 Å². The first kappa shape index (κ1) is 11.9. The minimum Gasteiger partial charge on any atom is -0.325 e. The summed E-state index contributed by atoms with van der Waals surface area (Å²) in [5.41, 5.74) is 11.6. The van der Waals surface area contributed by atoms with Crippen LogP contribution in [0.3, 0.4) is 0 Å². The Kier molecular flexibility index (Phi) is 4.77. The number of hydrogen-bond donors (Lipinski definition) is 5. The van der Waals surface area contributed by atoms with Crippen LogP contribution in [-0.4, -0.2) is 37.5 Å². The van der Waals surface area contributed by atoms with Gasteiger partial charge in [0.25, 0.3) is 0 Å². The lowest BCUT2D eigenvalue weighted by Gasteiger charge is -2.33. The quantitative estimate of drug-likeness (QED) is 0.358. The molecule has 1 fully saturated rings. The summed E-state index contributed by atoms with van der Waals surface area (Å²) in [6.45, 7) is 5.93. The molecule has 0 aromatic carbocycles. The summed E-state index contributed by atoms with van der Waals surface area (Å²) in [5.74, 6) is 0. The fourth-order valence-corrected chi connectivity index (χ4v) is 1.85. The molecular weight excluding hydrogens is 178 g/mol. The van der Waals surface area contributed by atoms with Gasteiger partial charge in [0.2, 0.25) is 0 Å². The van der Waals surface area contributed by atoms with Gasteiger partial charge in [-0.1, -0.05) is 0 Å². The van der Waals surface area contributed by atoms with Crippen LogP contribution in [0.15, 0.2) is 0 Å². The Morgan fingerprint density at radius 1 is 1.43 bits per heavy atom. The topological polar surface area (TPSA) is 88.1 Å². The molecule has 14 heavy (non-hydrogen) atoms. The molecule has 1 saturated heterocycles. The molecule has 0 bridgehead atoms. The van der Waals surface area contributed by atoms with Crippen molar-refractivity contribution in [2.24, 2.45) is 11.5 Å². The van der Waals surface area contributed by atoms with Crippen LogP contribution in [0.25, 0.3) is 0 Å². The van der Waals surface area contributed by atoms with E-state index < -0.39 is 0 Å². The van der Waals surface area contributed by atoms with Gasteiger partial charge in [0.05, 0.1) is 12.3 Å². The van der Waals surface area contributed by atoms with Gasteiger partial charge < -0.3 is 16.8 Å². The van der Waals surface area contributed by atoms with Gasteiger partial charge in [0.1, 0.15) is 0 Å². The fraction of sp³-hybridized carbons (Fsp3) is 1.00. The minimum atomic E-state index is 0.00967. The third kappa shape index (κ3) is 3.89. The zero-order valence-electron chi connectivity index (χ0n) is 9.09. The molecule has 5 nitrogen and oxygen atoms in total. The highest BCUT2D eigenvalue weighted by atomic mass is 15.2. The fourth-order valence-electron chi connectivity index (χ4n) is 1.85. The molecule has 0 aromatic heterocycles. The van der Waals surface area contributed by atoms with E-state index in [0.29, 0.717) is 6.04 Å². The van der Waals surface area contributed by atoms with E-state index in [1.165, 1.54) is 0 Å². The summed E-state index contributed by atoms with van der Waals surface area (Å²) >= 11 is 0. The molecule has 1 heterocycles. The summed E-state index contributed by atoms with van der Waals surface area (Å²) in [7, 11) is 0. The van der Waals surface area contributed by atoms with E-state index in [2.05, 4.69) is 22.9 Å². The van der Waals surface area contributed by atoms with Gasteiger partial charge in [0.15, 0.2) is 0 Å². The predicted octanol–water partition coefficient (Wildman–Crippen LogP) is -1.49. The summed E-state index contributed by atoms with van der Waals surface area (Å²) < 4.78 is 0. The van der Waals surface area contributed by atoms with E-state index in [1.54, 1.807) is 0 Å². The SMILES string of the molecule is CC(N)NC(C)NC1CCNCC1N. The Labute approximate surface area is 86.0 Å². The van der Waals surface area contributed by atoms with E-state index in [9.17, 15) is 0 Å². The highest BCUT2D eigenvalue weighted by Gasteiger charge is 2.22. The summed E-state index contributed by atoms with van der Waals surface area (Å²) in [5, 5.41) is 9.91. The van der Waals surface area contributed by atoms with Crippen LogP contribution in [0.1, 0.15) is 20.3 Å². The summed E-state index contributed by atoms with van der Waals surface area (Å²) in [6.07, 6.45) is 1.30. The maximum absolute atomic E-state index is 5.97. The molecule has 1 aliphatic rings. The van der Waals surface area contributed by atoms with Gasteiger partial charge in [-0.15, -0.1) is 0 Å². The lowest BCUT2D eigenvalue weighted by molar-refractivity contribution is 0.288. The number of piperidine rings is 1. The standard InChI is InChI=1S/C9H23N5/c1-6(10)13-7(2)14-9-3-4-12-5-8(9)11/h6-9,12-14H,3-5,10-11H2,1-2H3. The third-order valence-electron chi connectivity index (χ3n) is 2.51. The van der Waals surface area contributed by atoms with Crippen molar-refractivity contribution < 1.29 is 0 Å². The highest BCUT2D eigenvalue weighted by Crippen LogP contribution is 2.01. The van der Waals surface area contributed by atoms with Crippen LogP contribution < -0.4 is 27.4 Å². The average Bonchev–Trinajstić information content (AvgIpc) is 2.07. The lowest BCUT2D eigenvalue weighted by atomic mass is 10.0. The molecule has 0 amide bonds. The normalized spacial score (nSPS) is 32.6. The van der Waals surface area contributed by atoms with E-state index in [4.69, 9.17) is 11.5 Å². The molecule has 0 saturated carbocycles. The van der Waals surface area contributed by atoms with Gasteiger partial charge in [-0.05, 0) is 26.8 Å². The molecule has 0 spiro atoms. The Hall–Kier alpha value is -0.200. The molecule has 0 radical (unpaired) electrons. The number of nitrogens with one attached hydrogen (secondary N) is 3. The van der Waals surface area contributed by atoms with Gasteiger partial charge in [-0.2, -0.15) is 0 Å². The third-order valence-corrected chi connectivity index (χ3v) is 2.51. The van der Waals surface area contributed by atoms with Crippen LogP contribution in [0.2, 0.25) is 0 Å². The van der Waals surface area contributed by atoms with Crippen LogP contribution in [0.5, 0.6) is 0 Å². The molecule has 1 rings (SSSR count). The van der Waals surface area contributed by atoms with Gasteiger partial charge in [-0.25, -0.2) is 0 Å². The molecule has 4 unspecified atom stereocenters.